The average molecular weight is 102 g/mol. The Balaban J connectivity index is 2.51. The molecule has 1 saturated heterocycles. The van der Waals surface area contributed by atoms with Crippen molar-refractivity contribution in [1.82, 2.24) is 0 Å². The minimum absolute atomic E-state index is 0.00694. The summed E-state index contributed by atoms with van der Waals surface area (Å²) in [6.45, 7) is 0.137. The number of rotatable bonds is 0. The van der Waals surface area contributed by atoms with Crippen molar-refractivity contribution in [3.63, 3.8) is 0 Å². The molecule has 0 unspecified atom stereocenters. The molecule has 1 aliphatic rings. The first-order valence-electron chi connectivity index (χ1n) is 3.20. The Morgan fingerprint density at radius 3 is 3.14 bits per heavy atom. The Bertz CT molecular complexity index is 133. The van der Waals surface area contributed by atoms with Crippen molar-refractivity contribution in [3.05, 3.63) is 0 Å². The molecule has 0 spiro atoms. The van der Waals surface area contributed by atoms with Crippen LogP contribution in [0.4, 0.5) is 0 Å². The molecule has 1 rings (SSSR count). The lowest BCUT2D eigenvalue weighted by Gasteiger charge is -2.07. The third-order valence-corrected chi connectivity index (χ3v) is 0.789. The smallest absolute Gasteiger partial charge is 0.158 e. The summed E-state index contributed by atoms with van der Waals surface area (Å²) < 4.78 is 18.8. The third-order valence-electron chi connectivity index (χ3n) is 0.789. The van der Waals surface area contributed by atoms with E-state index in [-0.39, 0.29) is 25.4 Å². The fourth-order valence-electron chi connectivity index (χ4n) is 0.479. The topological polar surface area (TPSA) is 26.3 Å². The molecule has 0 radical (unpaired) electrons. The maximum absolute atomic E-state index is 10.5. The predicted molar refractivity (Wildman–Crippen MR) is 25.1 cm³/mol. The van der Waals surface area contributed by atoms with Gasteiger partial charge in [-0.15, -0.1) is 0 Å². The molecule has 0 aromatic carbocycles. The molecular formula is C5H8O2. The van der Waals surface area contributed by atoms with Gasteiger partial charge in [-0.05, 0) is 6.37 Å². The van der Waals surface area contributed by atoms with E-state index in [1.54, 1.807) is 0 Å². The molecule has 0 N–H and O–H groups in total. The normalized spacial score (nSPS) is 34.0. The van der Waals surface area contributed by atoms with Gasteiger partial charge in [0, 0.05) is 15.8 Å². The van der Waals surface area contributed by atoms with E-state index in [9.17, 15) is 4.79 Å². The second-order valence-electron chi connectivity index (χ2n) is 1.46. The van der Waals surface area contributed by atoms with Crippen LogP contribution in [0.2, 0.25) is 0 Å². The Labute approximate surface area is 45.3 Å². The molecule has 1 fully saturated rings. The highest BCUT2D eigenvalue weighted by Crippen LogP contribution is 1.98. The largest absolute Gasteiger partial charge is 0.374 e. The van der Waals surface area contributed by atoms with Crippen LogP contribution < -0.4 is 0 Å². The minimum atomic E-state index is -1.42. The molecule has 0 aromatic rings. The van der Waals surface area contributed by atoms with Crippen LogP contribution in [-0.2, 0) is 9.53 Å². The van der Waals surface area contributed by atoms with Crippen molar-refractivity contribution >= 4 is 5.78 Å². The molecule has 2 heteroatoms. The van der Waals surface area contributed by atoms with Gasteiger partial charge in [-0.2, -0.15) is 0 Å². The molecule has 0 bridgehead atoms. The molecule has 0 saturated carbocycles. The van der Waals surface area contributed by atoms with Gasteiger partial charge < -0.3 is 4.74 Å². The van der Waals surface area contributed by atoms with Crippen LogP contribution >= 0.6 is 0 Å². The molecular weight excluding hydrogens is 92.1 g/mol. The third kappa shape index (κ3) is 1.27. The van der Waals surface area contributed by atoms with Gasteiger partial charge in [0.05, 0.1) is 0 Å². The van der Waals surface area contributed by atoms with Crippen molar-refractivity contribution in [2.24, 2.45) is 0 Å². The fraction of sp³-hybridized carbons (Fsp3) is 0.800. The van der Waals surface area contributed by atoms with Gasteiger partial charge in [-0.25, -0.2) is 0 Å². The summed E-state index contributed by atoms with van der Waals surface area (Å²) in [5.41, 5.74) is 0. The lowest BCUT2D eigenvalue weighted by atomic mass is 10.2. The maximum Gasteiger partial charge on any atom is 0.158 e. The number of Topliss-reactive ketones (excluding diaryl/α,β-unsaturated/α-hetero) is 1. The minimum Gasteiger partial charge on any atom is -0.374 e. The summed E-state index contributed by atoms with van der Waals surface area (Å²) in [6.07, 6.45) is -1.41. The van der Waals surface area contributed by atoms with E-state index in [2.05, 4.69) is 4.74 Å². The molecule has 1 aliphatic heterocycles. The highest BCUT2D eigenvalue weighted by Gasteiger charge is 2.06. The van der Waals surface area contributed by atoms with Crippen LogP contribution in [0.25, 0.3) is 0 Å². The van der Waals surface area contributed by atoms with Crippen molar-refractivity contribution in [2.45, 2.75) is 12.8 Å². The zero-order valence-electron chi connectivity index (χ0n) is 5.94. The van der Waals surface area contributed by atoms with Gasteiger partial charge in [0.15, 0.2) is 5.78 Å². The Kier molecular flexibility index (Phi) is 0.836. The number of hydrogen-bond acceptors (Lipinski definition) is 2. The molecule has 7 heavy (non-hydrogen) atoms. The molecule has 0 aliphatic carbocycles. The number of hydrogen-bond donors (Lipinski definition) is 0. The van der Waals surface area contributed by atoms with Crippen molar-refractivity contribution in [1.29, 1.82) is 0 Å². The summed E-state index contributed by atoms with van der Waals surface area (Å²) in [5, 5.41) is 0. The van der Waals surface area contributed by atoms with Gasteiger partial charge in [0.1, 0.15) is 6.61 Å². The standard InChI is InChI=1S/C5H8O2/c6-5-2-1-3-7-4-5/h1-4H2/i1D2. The zero-order chi connectivity index (χ0) is 6.91. The van der Waals surface area contributed by atoms with Crippen LogP contribution in [0.1, 0.15) is 15.5 Å². The van der Waals surface area contributed by atoms with E-state index in [1.165, 1.54) is 0 Å². The Hall–Kier alpha value is -0.370. The zero-order valence-corrected chi connectivity index (χ0v) is 3.94. The highest BCUT2D eigenvalue weighted by atomic mass is 16.5. The lowest BCUT2D eigenvalue weighted by molar-refractivity contribution is -0.126. The number of carbonyl (C=O) groups is 1. The maximum atomic E-state index is 10.5. The molecule has 0 aromatic heterocycles. The van der Waals surface area contributed by atoms with Crippen LogP contribution in [0.15, 0.2) is 0 Å². The van der Waals surface area contributed by atoms with E-state index in [4.69, 9.17) is 2.74 Å². The highest BCUT2D eigenvalue weighted by molar-refractivity contribution is 5.80. The van der Waals surface area contributed by atoms with Gasteiger partial charge in [0.2, 0.25) is 0 Å². The molecule has 40 valence electrons. The number of carbonyl (C=O) groups excluding carboxylic acids is 1. The SMILES string of the molecule is [2H]C1([2H])COCC(=O)C1. The summed E-state index contributed by atoms with van der Waals surface area (Å²) in [7, 11) is 0. The first-order valence-corrected chi connectivity index (χ1v) is 2.20. The molecule has 2 nitrogen and oxygen atoms in total. The van der Waals surface area contributed by atoms with Gasteiger partial charge in [-0.3, -0.25) is 4.79 Å². The summed E-state index contributed by atoms with van der Waals surface area (Å²) in [5.74, 6) is -0.147. The van der Waals surface area contributed by atoms with E-state index in [0.717, 1.165) is 0 Å². The average Bonchev–Trinajstić information content (AvgIpc) is 1.60. The van der Waals surface area contributed by atoms with Crippen LogP contribution in [0.5, 0.6) is 0 Å². The predicted octanol–water partition coefficient (Wildman–Crippen LogP) is 0.366. The van der Waals surface area contributed by atoms with Crippen molar-refractivity contribution in [2.75, 3.05) is 13.2 Å². The van der Waals surface area contributed by atoms with Crippen LogP contribution in [0.3, 0.4) is 0 Å². The number of ether oxygens (including phenoxy) is 1. The molecule has 0 atom stereocenters. The van der Waals surface area contributed by atoms with Crippen LogP contribution in [-0.4, -0.2) is 19.0 Å². The van der Waals surface area contributed by atoms with E-state index in [0.29, 0.717) is 0 Å². The van der Waals surface area contributed by atoms with Gasteiger partial charge >= 0.3 is 0 Å². The first-order chi connectivity index (χ1) is 4.10. The van der Waals surface area contributed by atoms with Gasteiger partial charge in [0.25, 0.3) is 0 Å². The second kappa shape index (κ2) is 2.07. The lowest BCUT2D eigenvalue weighted by Crippen LogP contribution is -2.15. The van der Waals surface area contributed by atoms with Crippen molar-refractivity contribution in [3.8, 4) is 0 Å². The summed E-state index contributed by atoms with van der Waals surface area (Å²) >= 11 is 0. The van der Waals surface area contributed by atoms with Crippen molar-refractivity contribution < 1.29 is 12.3 Å². The van der Waals surface area contributed by atoms with E-state index in [1.807, 2.05) is 0 Å². The van der Waals surface area contributed by atoms with Crippen LogP contribution in [0, 0.1) is 0 Å². The summed E-state index contributed by atoms with van der Waals surface area (Å²) in [4.78, 5) is 10.5. The molecule has 0 amide bonds. The monoisotopic (exact) mass is 102 g/mol. The summed E-state index contributed by atoms with van der Waals surface area (Å²) in [6, 6.07) is 0. The quantitative estimate of drug-likeness (QED) is 0.441. The molecule has 1 heterocycles. The Morgan fingerprint density at radius 2 is 2.71 bits per heavy atom. The first kappa shape index (κ1) is 2.82. The Morgan fingerprint density at radius 1 is 1.86 bits per heavy atom. The number of ketones is 1. The van der Waals surface area contributed by atoms with E-state index < -0.39 is 6.37 Å². The van der Waals surface area contributed by atoms with E-state index >= 15 is 0 Å². The van der Waals surface area contributed by atoms with Gasteiger partial charge in [-0.1, -0.05) is 0 Å². The second-order valence-corrected chi connectivity index (χ2v) is 1.46. The fourth-order valence-corrected chi connectivity index (χ4v) is 0.479.